The third-order valence-corrected chi connectivity index (χ3v) is 4.50. The highest BCUT2D eigenvalue weighted by atomic mass is 16.5. The first-order valence-electron chi connectivity index (χ1n) is 8.69. The zero-order valence-corrected chi connectivity index (χ0v) is 15.6. The number of benzene rings is 2. The van der Waals surface area contributed by atoms with Crippen LogP contribution in [0.25, 0.3) is 10.9 Å². The van der Waals surface area contributed by atoms with E-state index in [9.17, 15) is 9.59 Å². The Balaban J connectivity index is 1.87. The summed E-state index contributed by atoms with van der Waals surface area (Å²) in [6, 6.07) is 14.3. The van der Waals surface area contributed by atoms with Gasteiger partial charge in [0.25, 0.3) is 11.5 Å². The zero-order valence-electron chi connectivity index (χ0n) is 15.6. The maximum absolute atomic E-state index is 12.8. The van der Waals surface area contributed by atoms with Crippen molar-refractivity contribution in [2.24, 2.45) is 0 Å². The Morgan fingerprint density at radius 3 is 2.30 bits per heavy atom. The molecule has 0 fully saturated rings. The molecule has 0 saturated carbocycles. The zero-order chi connectivity index (χ0) is 19.4. The number of aromatic nitrogens is 1. The molecule has 1 aromatic heterocycles. The van der Waals surface area contributed by atoms with Gasteiger partial charge in [-0.1, -0.05) is 0 Å². The van der Waals surface area contributed by atoms with Gasteiger partial charge < -0.3 is 19.4 Å². The molecule has 140 valence electrons. The first-order chi connectivity index (χ1) is 13.0. The van der Waals surface area contributed by atoms with Crippen molar-refractivity contribution in [1.82, 2.24) is 9.88 Å². The van der Waals surface area contributed by atoms with E-state index >= 15 is 0 Å². The fourth-order valence-corrected chi connectivity index (χ4v) is 2.92. The standard InChI is InChI=1S/C21H22N2O4/c1-4-23(21(25)14-5-8-17(26-2)9-6-14)13-16-11-15-7-10-18(27-3)12-19(15)22-20(16)24/h5-12H,4,13H2,1-3H3,(H,22,24). The normalized spacial score (nSPS) is 10.6. The molecule has 3 aromatic rings. The number of nitrogens with one attached hydrogen (secondary N) is 1. The Morgan fingerprint density at radius 1 is 1.00 bits per heavy atom. The molecule has 6 heteroatoms. The van der Waals surface area contributed by atoms with Crippen LogP contribution in [-0.4, -0.2) is 36.6 Å². The van der Waals surface area contributed by atoms with Gasteiger partial charge in [-0.2, -0.15) is 0 Å². The Morgan fingerprint density at radius 2 is 1.67 bits per heavy atom. The third-order valence-electron chi connectivity index (χ3n) is 4.50. The molecule has 0 aliphatic heterocycles. The van der Waals surface area contributed by atoms with Gasteiger partial charge in [0.15, 0.2) is 0 Å². The van der Waals surface area contributed by atoms with Crippen LogP contribution in [0.1, 0.15) is 22.8 Å². The van der Waals surface area contributed by atoms with Crippen LogP contribution in [0.4, 0.5) is 0 Å². The highest BCUT2D eigenvalue weighted by Crippen LogP contribution is 2.19. The van der Waals surface area contributed by atoms with Crippen molar-refractivity contribution >= 4 is 16.8 Å². The first kappa shape index (κ1) is 18.5. The van der Waals surface area contributed by atoms with Crippen LogP contribution >= 0.6 is 0 Å². The number of nitrogens with zero attached hydrogens (tertiary/aromatic N) is 1. The maximum atomic E-state index is 12.8. The molecule has 1 amide bonds. The van der Waals surface area contributed by atoms with Crippen molar-refractivity contribution in [2.75, 3.05) is 20.8 Å². The van der Waals surface area contributed by atoms with Gasteiger partial charge in [0.2, 0.25) is 0 Å². The Hall–Kier alpha value is -3.28. The molecule has 0 unspecified atom stereocenters. The van der Waals surface area contributed by atoms with Crippen molar-refractivity contribution in [1.29, 1.82) is 0 Å². The number of H-pyrrole nitrogens is 1. The van der Waals surface area contributed by atoms with Gasteiger partial charge in [-0.05, 0) is 54.8 Å². The van der Waals surface area contributed by atoms with Crippen LogP contribution in [-0.2, 0) is 6.54 Å². The summed E-state index contributed by atoms with van der Waals surface area (Å²) in [5.41, 5.74) is 1.58. The van der Waals surface area contributed by atoms with Gasteiger partial charge in [-0.15, -0.1) is 0 Å². The van der Waals surface area contributed by atoms with Gasteiger partial charge in [0.1, 0.15) is 11.5 Å². The van der Waals surface area contributed by atoms with E-state index in [1.165, 1.54) is 0 Å². The third kappa shape index (κ3) is 3.95. The molecule has 6 nitrogen and oxygen atoms in total. The number of hydrogen-bond acceptors (Lipinski definition) is 4. The van der Waals surface area contributed by atoms with E-state index in [0.717, 1.165) is 5.39 Å². The number of ether oxygens (including phenoxy) is 2. The molecule has 0 aliphatic carbocycles. The quantitative estimate of drug-likeness (QED) is 0.727. The van der Waals surface area contributed by atoms with Crippen molar-refractivity contribution in [3.05, 3.63) is 70.0 Å². The number of aromatic amines is 1. The molecule has 0 saturated heterocycles. The molecular formula is C21H22N2O4. The van der Waals surface area contributed by atoms with Gasteiger partial charge in [0, 0.05) is 23.7 Å². The summed E-state index contributed by atoms with van der Waals surface area (Å²) in [4.78, 5) is 29.8. The molecule has 1 N–H and O–H groups in total. The van der Waals surface area contributed by atoms with Gasteiger partial charge >= 0.3 is 0 Å². The summed E-state index contributed by atoms with van der Waals surface area (Å²) in [6.07, 6.45) is 0. The number of carbonyl (C=O) groups is 1. The number of carbonyl (C=O) groups excluding carboxylic acids is 1. The largest absolute Gasteiger partial charge is 0.497 e. The lowest BCUT2D eigenvalue weighted by Crippen LogP contribution is -2.32. The Kier molecular flexibility index (Phi) is 5.45. The number of rotatable bonds is 6. The number of amides is 1. The molecule has 3 rings (SSSR count). The molecule has 0 spiro atoms. The number of methoxy groups -OCH3 is 2. The van der Waals surface area contributed by atoms with Crippen LogP contribution < -0.4 is 15.0 Å². The van der Waals surface area contributed by atoms with Gasteiger partial charge in [-0.25, -0.2) is 0 Å². The second-order valence-corrected chi connectivity index (χ2v) is 6.12. The molecule has 0 bridgehead atoms. The maximum Gasteiger partial charge on any atom is 0.254 e. The predicted octanol–water partition coefficient (Wildman–Crippen LogP) is 3.21. The minimum atomic E-state index is -0.211. The molecule has 1 heterocycles. The molecular weight excluding hydrogens is 344 g/mol. The Bertz CT molecular complexity index is 1010. The molecule has 0 radical (unpaired) electrons. The van der Waals surface area contributed by atoms with E-state index < -0.39 is 0 Å². The highest BCUT2D eigenvalue weighted by Gasteiger charge is 2.16. The minimum absolute atomic E-state index is 0.130. The summed E-state index contributed by atoms with van der Waals surface area (Å²) in [5, 5.41) is 0.887. The van der Waals surface area contributed by atoms with Crippen molar-refractivity contribution in [3.8, 4) is 11.5 Å². The fourth-order valence-electron chi connectivity index (χ4n) is 2.92. The predicted molar refractivity (Wildman–Crippen MR) is 105 cm³/mol. The van der Waals surface area contributed by atoms with Crippen LogP contribution in [0, 0.1) is 0 Å². The van der Waals surface area contributed by atoms with Gasteiger partial charge in [0.05, 0.1) is 26.3 Å². The average Bonchev–Trinajstić information content (AvgIpc) is 2.71. The van der Waals surface area contributed by atoms with Gasteiger partial charge in [-0.3, -0.25) is 9.59 Å². The van der Waals surface area contributed by atoms with E-state index in [2.05, 4.69) is 4.98 Å². The lowest BCUT2D eigenvalue weighted by atomic mass is 10.1. The molecule has 0 atom stereocenters. The monoisotopic (exact) mass is 366 g/mol. The van der Waals surface area contributed by atoms with Crippen molar-refractivity contribution in [3.63, 3.8) is 0 Å². The number of hydrogen-bond donors (Lipinski definition) is 1. The SMILES string of the molecule is CCN(Cc1cc2ccc(OC)cc2[nH]c1=O)C(=O)c1ccc(OC)cc1. The molecule has 27 heavy (non-hydrogen) atoms. The highest BCUT2D eigenvalue weighted by molar-refractivity contribution is 5.94. The summed E-state index contributed by atoms with van der Waals surface area (Å²) < 4.78 is 10.3. The minimum Gasteiger partial charge on any atom is -0.497 e. The van der Waals surface area contributed by atoms with Crippen LogP contribution in [0.5, 0.6) is 11.5 Å². The summed E-state index contributed by atoms with van der Waals surface area (Å²) in [5.74, 6) is 1.24. The van der Waals surface area contributed by atoms with E-state index in [4.69, 9.17) is 9.47 Å². The smallest absolute Gasteiger partial charge is 0.254 e. The van der Waals surface area contributed by atoms with E-state index in [0.29, 0.717) is 34.7 Å². The lowest BCUT2D eigenvalue weighted by Gasteiger charge is -2.21. The second kappa shape index (κ2) is 7.95. The summed E-state index contributed by atoms with van der Waals surface area (Å²) >= 11 is 0. The summed E-state index contributed by atoms with van der Waals surface area (Å²) in [7, 11) is 3.16. The first-order valence-corrected chi connectivity index (χ1v) is 8.69. The van der Waals surface area contributed by atoms with E-state index in [1.807, 2.05) is 25.1 Å². The molecule has 0 aliphatic rings. The van der Waals surface area contributed by atoms with Crippen molar-refractivity contribution < 1.29 is 14.3 Å². The molecule has 2 aromatic carbocycles. The lowest BCUT2D eigenvalue weighted by molar-refractivity contribution is 0.0752. The number of pyridine rings is 1. The van der Waals surface area contributed by atoms with Crippen LogP contribution in [0.15, 0.2) is 53.3 Å². The topological polar surface area (TPSA) is 71.6 Å². The average molecular weight is 366 g/mol. The Labute approximate surface area is 157 Å². The fraction of sp³-hybridized carbons (Fsp3) is 0.238. The van der Waals surface area contributed by atoms with Crippen molar-refractivity contribution in [2.45, 2.75) is 13.5 Å². The number of fused-ring (bicyclic) bond motifs is 1. The van der Waals surface area contributed by atoms with E-state index in [1.54, 1.807) is 49.5 Å². The van der Waals surface area contributed by atoms with Crippen LogP contribution in [0.3, 0.4) is 0 Å². The van der Waals surface area contributed by atoms with Crippen LogP contribution in [0.2, 0.25) is 0 Å². The second-order valence-electron chi connectivity index (χ2n) is 6.12. The summed E-state index contributed by atoms with van der Waals surface area (Å²) in [6.45, 7) is 2.62. The van der Waals surface area contributed by atoms with E-state index in [-0.39, 0.29) is 18.0 Å².